The van der Waals surface area contributed by atoms with Gasteiger partial charge in [-0.2, -0.15) is 0 Å². The highest BCUT2D eigenvalue weighted by Gasteiger charge is 2.16. The van der Waals surface area contributed by atoms with E-state index >= 15 is 0 Å². The molecule has 0 atom stereocenters. The van der Waals surface area contributed by atoms with E-state index in [1.54, 1.807) is 11.3 Å². The number of nitrogens with one attached hydrogen (secondary N) is 3. The van der Waals surface area contributed by atoms with Gasteiger partial charge in [0.15, 0.2) is 0 Å². The number of thiophene rings is 1. The Labute approximate surface area is 166 Å². The van der Waals surface area contributed by atoms with Crippen LogP contribution in [0.25, 0.3) is 21.7 Å². The zero-order chi connectivity index (χ0) is 18.9. The second-order valence-corrected chi connectivity index (χ2v) is 7.88. The van der Waals surface area contributed by atoms with E-state index in [2.05, 4.69) is 38.8 Å². The van der Waals surface area contributed by atoms with Crippen molar-refractivity contribution in [2.24, 2.45) is 0 Å². The van der Waals surface area contributed by atoms with E-state index in [-0.39, 0.29) is 5.91 Å². The molecule has 28 heavy (non-hydrogen) atoms. The Morgan fingerprint density at radius 3 is 2.96 bits per heavy atom. The first-order valence-electron chi connectivity index (χ1n) is 9.41. The topological polar surface area (TPSA) is 69.8 Å². The summed E-state index contributed by atoms with van der Waals surface area (Å²) in [6.07, 6.45) is 1.00. The molecule has 1 aliphatic heterocycles. The highest BCUT2D eigenvalue weighted by atomic mass is 32.1. The Kier molecular flexibility index (Phi) is 4.43. The number of aromatic amines is 1. The number of fused-ring (bicyclic) bond motifs is 2. The number of carbonyl (C=O) groups is 1. The molecule has 1 aliphatic rings. The van der Waals surface area contributed by atoms with Crippen molar-refractivity contribution in [3.63, 3.8) is 0 Å². The third kappa shape index (κ3) is 3.10. The van der Waals surface area contributed by atoms with Gasteiger partial charge in [-0.3, -0.25) is 4.79 Å². The summed E-state index contributed by atoms with van der Waals surface area (Å²) in [4.78, 5) is 22.0. The van der Waals surface area contributed by atoms with Gasteiger partial charge in [0, 0.05) is 13.1 Å². The van der Waals surface area contributed by atoms with Crippen LogP contribution >= 0.6 is 11.3 Å². The molecule has 6 heteroatoms. The molecule has 3 heterocycles. The smallest absolute Gasteiger partial charge is 0.253 e. The van der Waals surface area contributed by atoms with Crippen LogP contribution in [0.5, 0.6) is 0 Å². The monoisotopic (exact) mass is 388 g/mol. The molecule has 1 amide bonds. The fourth-order valence-electron chi connectivity index (χ4n) is 3.79. The molecule has 0 unspecified atom stereocenters. The fraction of sp³-hybridized carbons (Fsp3) is 0.182. The van der Waals surface area contributed by atoms with Crippen molar-refractivity contribution in [1.82, 2.24) is 20.6 Å². The first-order valence-corrected chi connectivity index (χ1v) is 10.3. The number of carbonyl (C=O) groups excluding carboxylic acids is 1. The molecule has 0 fully saturated rings. The minimum Gasteiger partial charge on any atom is -0.348 e. The van der Waals surface area contributed by atoms with Gasteiger partial charge in [-0.05, 0) is 53.2 Å². The van der Waals surface area contributed by atoms with Crippen LogP contribution in [0, 0.1) is 0 Å². The molecule has 0 saturated heterocycles. The normalized spacial score (nSPS) is 13.4. The first-order chi connectivity index (χ1) is 13.8. The number of rotatable bonds is 4. The largest absolute Gasteiger partial charge is 0.348 e. The summed E-state index contributed by atoms with van der Waals surface area (Å²) < 4.78 is 0. The van der Waals surface area contributed by atoms with Gasteiger partial charge in [0.05, 0.1) is 16.0 Å². The number of hydrogen-bond donors (Lipinski definition) is 3. The summed E-state index contributed by atoms with van der Waals surface area (Å²) in [5, 5.41) is 8.51. The van der Waals surface area contributed by atoms with Gasteiger partial charge < -0.3 is 15.6 Å². The summed E-state index contributed by atoms with van der Waals surface area (Å²) in [5.41, 5.74) is 6.07. The SMILES string of the molecule is O=C(NCc1cccc2c1CCNC2)c1cccc2[nH]c(-c3cccs3)nc12. The van der Waals surface area contributed by atoms with Crippen LogP contribution < -0.4 is 10.6 Å². The molecule has 4 aromatic rings. The molecule has 5 nitrogen and oxygen atoms in total. The third-order valence-corrected chi connectivity index (χ3v) is 6.07. The molecular formula is C22H20N4OS. The quantitative estimate of drug-likeness (QED) is 0.497. The van der Waals surface area contributed by atoms with Crippen LogP contribution in [0.1, 0.15) is 27.0 Å². The Morgan fingerprint density at radius 2 is 2.07 bits per heavy atom. The zero-order valence-electron chi connectivity index (χ0n) is 15.3. The number of amides is 1. The van der Waals surface area contributed by atoms with Crippen molar-refractivity contribution >= 4 is 28.3 Å². The molecule has 0 radical (unpaired) electrons. The minimum atomic E-state index is -0.0960. The Balaban J connectivity index is 1.41. The molecule has 0 saturated carbocycles. The lowest BCUT2D eigenvalue weighted by Gasteiger charge is -2.20. The average molecular weight is 388 g/mol. The van der Waals surface area contributed by atoms with E-state index in [1.165, 1.54) is 16.7 Å². The summed E-state index contributed by atoms with van der Waals surface area (Å²) in [6.45, 7) is 2.41. The summed E-state index contributed by atoms with van der Waals surface area (Å²) >= 11 is 1.63. The number of para-hydroxylation sites is 1. The Hall–Kier alpha value is -2.96. The van der Waals surface area contributed by atoms with Crippen LogP contribution in [-0.4, -0.2) is 22.4 Å². The highest BCUT2D eigenvalue weighted by Crippen LogP contribution is 2.26. The zero-order valence-corrected chi connectivity index (χ0v) is 16.1. The van der Waals surface area contributed by atoms with Gasteiger partial charge in [0.1, 0.15) is 11.3 Å². The third-order valence-electron chi connectivity index (χ3n) is 5.19. The van der Waals surface area contributed by atoms with Gasteiger partial charge >= 0.3 is 0 Å². The summed E-state index contributed by atoms with van der Waals surface area (Å²) in [7, 11) is 0. The van der Waals surface area contributed by atoms with Crippen molar-refractivity contribution in [2.75, 3.05) is 6.54 Å². The number of aromatic nitrogens is 2. The van der Waals surface area contributed by atoms with Crippen molar-refractivity contribution < 1.29 is 4.79 Å². The van der Waals surface area contributed by atoms with Gasteiger partial charge in [0.25, 0.3) is 5.91 Å². The number of hydrogen-bond acceptors (Lipinski definition) is 4. The van der Waals surface area contributed by atoms with E-state index < -0.39 is 0 Å². The lowest BCUT2D eigenvalue weighted by atomic mass is 9.95. The van der Waals surface area contributed by atoms with Crippen LogP contribution in [0.3, 0.4) is 0 Å². The van der Waals surface area contributed by atoms with Crippen molar-refractivity contribution in [3.05, 3.63) is 76.2 Å². The van der Waals surface area contributed by atoms with Crippen LogP contribution in [0.4, 0.5) is 0 Å². The van der Waals surface area contributed by atoms with Gasteiger partial charge in [0.2, 0.25) is 0 Å². The molecule has 3 N–H and O–H groups in total. The Morgan fingerprint density at radius 1 is 1.14 bits per heavy atom. The van der Waals surface area contributed by atoms with Gasteiger partial charge in [-0.25, -0.2) is 4.98 Å². The van der Waals surface area contributed by atoms with Crippen molar-refractivity contribution in [2.45, 2.75) is 19.5 Å². The van der Waals surface area contributed by atoms with Crippen molar-refractivity contribution in [1.29, 1.82) is 0 Å². The highest BCUT2D eigenvalue weighted by molar-refractivity contribution is 7.13. The van der Waals surface area contributed by atoms with E-state index in [0.717, 1.165) is 35.7 Å². The van der Waals surface area contributed by atoms with E-state index in [9.17, 15) is 4.79 Å². The molecule has 0 bridgehead atoms. The molecule has 0 spiro atoms. The van der Waals surface area contributed by atoms with E-state index in [4.69, 9.17) is 0 Å². The average Bonchev–Trinajstić information content (AvgIpc) is 3.41. The maximum atomic E-state index is 12.9. The number of H-pyrrole nitrogens is 1. The molecule has 2 aromatic heterocycles. The fourth-order valence-corrected chi connectivity index (χ4v) is 4.46. The van der Waals surface area contributed by atoms with E-state index in [0.29, 0.717) is 17.6 Å². The van der Waals surface area contributed by atoms with Gasteiger partial charge in [-0.1, -0.05) is 30.3 Å². The number of nitrogens with zero attached hydrogens (tertiary/aromatic N) is 1. The van der Waals surface area contributed by atoms with Crippen LogP contribution in [0.15, 0.2) is 53.9 Å². The lowest BCUT2D eigenvalue weighted by Crippen LogP contribution is -2.27. The molecule has 140 valence electrons. The van der Waals surface area contributed by atoms with Gasteiger partial charge in [-0.15, -0.1) is 11.3 Å². The second-order valence-electron chi connectivity index (χ2n) is 6.93. The maximum Gasteiger partial charge on any atom is 0.253 e. The van der Waals surface area contributed by atoms with Crippen LogP contribution in [-0.2, 0) is 19.5 Å². The van der Waals surface area contributed by atoms with E-state index in [1.807, 2.05) is 35.7 Å². The number of imidazole rings is 1. The predicted molar refractivity (Wildman–Crippen MR) is 112 cm³/mol. The molecule has 2 aromatic carbocycles. The molecule has 5 rings (SSSR count). The summed E-state index contributed by atoms with van der Waals surface area (Å²) in [5.74, 6) is 0.705. The lowest BCUT2D eigenvalue weighted by molar-refractivity contribution is 0.0952. The van der Waals surface area contributed by atoms with Crippen LogP contribution in [0.2, 0.25) is 0 Å². The number of benzene rings is 2. The molecular weight excluding hydrogens is 368 g/mol. The second kappa shape index (κ2) is 7.22. The predicted octanol–water partition coefficient (Wildman–Crippen LogP) is 3.87. The maximum absolute atomic E-state index is 12.9. The standard InChI is InChI=1S/C22H20N4OS/c27-22(24-13-15-5-1-4-14-12-23-10-9-16(14)15)17-6-2-7-18-20(17)26-21(25-18)19-8-3-11-28-19/h1-8,11,23H,9-10,12-13H2,(H,24,27)(H,25,26). The first kappa shape index (κ1) is 17.2. The summed E-state index contributed by atoms with van der Waals surface area (Å²) in [6, 6.07) is 16.0. The Bertz CT molecular complexity index is 1150. The molecule has 0 aliphatic carbocycles. The van der Waals surface area contributed by atoms with Crippen molar-refractivity contribution in [3.8, 4) is 10.7 Å². The minimum absolute atomic E-state index is 0.0960.